The normalized spacial score (nSPS) is 11.5. The number of hydrogen-bond acceptors (Lipinski definition) is 12. The van der Waals surface area contributed by atoms with E-state index in [0.717, 1.165) is 45.2 Å². The quantitative estimate of drug-likeness (QED) is 0.0621. The molecule has 2 aliphatic heterocycles. The van der Waals surface area contributed by atoms with Crippen molar-refractivity contribution in [3.05, 3.63) is 179 Å². The Labute approximate surface area is 427 Å². The zero-order chi connectivity index (χ0) is 52.4. The van der Waals surface area contributed by atoms with Gasteiger partial charge in [0.05, 0.1) is 40.4 Å². The minimum Gasteiger partial charge on any atom is -0.489 e. The van der Waals surface area contributed by atoms with E-state index in [1.807, 2.05) is 96.5 Å². The first-order valence-electron chi connectivity index (χ1n) is 23.4. The van der Waals surface area contributed by atoms with Gasteiger partial charge < -0.3 is 44.6 Å². The van der Waals surface area contributed by atoms with E-state index in [2.05, 4.69) is 9.97 Å². The summed E-state index contributed by atoms with van der Waals surface area (Å²) in [5.74, 6) is -2.63. The standard InChI is InChI=1S/C57H36N8O11/c1-65-52-43-12-6-7-13-44(43)53(65)64-51-45-25-34(14-15-42(45)49(62-51)60-47-39-9-3-2-8-38(39)46(58-47)59-48-40-10-4-5-11-41(40)50(61-48)63-52)76-37-17-28(26-74-35-21-30(54(66)67)19-31(22-35)55(68)69)16-29(18-37)27-75-36-23-32(56(70)71)20-33(24-36)57(72)73/h2-25H,26-27H2,1H3,(H5,58,59,60,61,62,63,64,66,67,68,69,70,71,72,73)/p+1. The van der Waals surface area contributed by atoms with Gasteiger partial charge in [0.1, 0.15) is 47.5 Å². The van der Waals surface area contributed by atoms with Gasteiger partial charge >= 0.3 is 23.9 Å². The Bertz CT molecular complexity index is 4180. The number of aromatic amines is 2. The Morgan fingerprint density at radius 2 is 0.829 bits per heavy atom. The fourth-order valence-electron chi connectivity index (χ4n) is 9.31. The molecule has 5 heterocycles. The highest BCUT2D eigenvalue weighted by atomic mass is 16.5. The molecular weight excluding hydrogens is 973 g/mol. The summed E-state index contributed by atoms with van der Waals surface area (Å²) in [4.78, 5) is 80.3. The van der Waals surface area contributed by atoms with Gasteiger partial charge in [-0.2, -0.15) is 0 Å². The van der Waals surface area contributed by atoms with Crippen LogP contribution in [0.15, 0.2) is 146 Å². The molecular formula is C57H37N8O11+. The lowest BCUT2D eigenvalue weighted by Crippen LogP contribution is -2.30. The van der Waals surface area contributed by atoms with Crippen LogP contribution in [0.3, 0.4) is 0 Å². The largest absolute Gasteiger partial charge is 0.489 e. The predicted octanol–water partition coefficient (Wildman–Crippen LogP) is 10.0. The second-order valence-electron chi connectivity index (χ2n) is 17.8. The summed E-state index contributed by atoms with van der Waals surface area (Å²) in [5, 5.41) is 41.8. The molecule has 3 aromatic heterocycles. The Balaban J connectivity index is 1.00. The van der Waals surface area contributed by atoms with Crippen LogP contribution < -0.4 is 18.8 Å². The number of nitrogens with one attached hydrogen (secondary N) is 2. The van der Waals surface area contributed by atoms with Crippen molar-refractivity contribution < 1.29 is 58.4 Å². The van der Waals surface area contributed by atoms with Gasteiger partial charge in [-0.1, -0.05) is 64.6 Å². The fraction of sp³-hybridized carbons (Fsp3) is 0.0526. The van der Waals surface area contributed by atoms with Crippen molar-refractivity contribution in [2.24, 2.45) is 7.05 Å². The van der Waals surface area contributed by atoms with E-state index >= 15 is 0 Å². The molecule has 8 bridgehead atoms. The van der Waals surface area contributed by atoms with Gasteiger partial charge in [-0.05, 0) is 102 Å². The van der Waals surface area contributed by atoms with Crippen molar-refractivity contribution in [1.82, 2.24) is 34.9 Å². The molecule has 19 nitrogen and oxygen atoms in total. The fourth-order valence-corrected chi connectivity index (χ4v) is 9.31. The van der Waals surface area contributed by atoms with Gasteiger partial charge in [0, 0.05) is 32.7 Å². The summed E-state index contributed by atoms with van der Waals surface area (Å²) in [7, 11) is 1.91. The summed E-state index contributed by atoms with van der Waals surface area (Å²) < 4.78 is 20.5. The van der Waals surface area contributed by atoms with Crippen molar-refractivity contribution in [1.29, 1.82) is 0 Å². The first-order valence-corrected chi connectivity index (χ1v) is 23.4. The van der Waals surface area contributed by atoms with Crippen molar-refractivity contribution in [3.8, 4) is 68.5 Å². The monoisotopic (exact) mass is 1010 g/mol. The van der Waals surface area contributed by atoms with Crippen molar-refractivity contribution in [3.63, 3.8) is 0 Å². The van der Waals surface area contributed by atoms with Gasteiger partial charge in [-0.3, -0.25) is 0 Å². The topological polar surface area (TPSA) is 277 Å². The van der Waals surface area contributed by atoms with Gasteiger partial charge in [-0.25, -0.2) is 38.7 Å². The molecule has 0 radical (unpaired) electrons. The van der Waals surface area contributed by atoms with E-state index in [4.69, 9.17) is 39.1 Å². The number of ether oxygens (including phenoxy) is 3. The van der Waals surface area contributed by atoms with Crippen LogP contribution in [-0.4, -0.2) is 79.2 Å². The van der Waals surface area contributed by atoms with Crippen LogP contribution in [0.5, 0.6) is 23.0 Å². The van der Waals surface area contributed by atoms with Crippen molar-refractivity contribution in [2.75, 3.05) is 0 Å². The number of fused-ring (bicyclic) bond motifs is 20. The number of benzene rings is 7. The maximum Gasteiger partial charge on any atom is 0.335 e. The number of aromatic carboxylic acids is 4. The van der Waals surface area contributed by atoms with Crippen LogP contribution in [0.25, 0.3) is 89.7 Å². The van der Waals surface area contributed by atoms with Crippen LogP contribution in [0, 0.1) is 0 Å². The molecule has 12 rings (SSSR count). The lowest BCUT2D eigenvalue weighted by molar-refractivity contribution is -0.650. The predicted molar refractivity (Wildman–Crippen MR) is 275 cm³/mol. The van der Waals surface area contributed by atoms with Gasteiger partial charge in [0.2, 0.25) is 11.3 Å². The van der Waals surface area contributed by atoms with Crippen LogP contribution in [0.1, 0.15) is 52.6 Å². The minimum absolute atomic E-state index is 0.0227. The Kier molecular flexibility index (Phi) is 11.2. The maximum absolute atomic E-state index is 11.9. The number of carbonyl (C=O) groups is 4. The zero-order valence-electron chi connectivity index (χ0n) is 39.6. The summed E-state index contributed by atoms with van der Waals surface area (Å²) in [6, 6.07) is 40.8. The molecule has 0 fully saturated rings. The summed E-state index contributed by atoms with van der Waals surface area (Å²) in [6.45, 7) is -0.400. The second-order valence-corrected chi connectivity index (χ2v) is 17.8. The molecule has 6 N–H and O–H groups in total. The lowest BCUT2D eigenvalue weighted by atomic mass is 10.1. The average Bonchev–Trinajstić information content (AvgIpc) is 4.18. The third-order valence-electron chi connectivity index (χ3n) is 12.8. The van der Waals surface area contributed by atoms with Crippen molar-refractivity contribution >= 4 is 68.0 Å². The summed E-state index contributed by atoms with van der Waals surface area (Å²) in [5.41, 5.74) is 5.18. The molecule has 0 unspecified atom stereocenters. The van der Waals surface area contributed by atoms with E-state index in [1.165, 1.54) is 24.3 Å². The van der Waals surface area contributed by atoms with Gasteiger partial charge in [0.15, 0.2) is 11.6 Å². The highest BCUT2D eigenvalue weighted by molar-refractivity contribution is 6.07. The van der Waals surface area contributed by atoms with Gasteiger partial charge in [0.25, 0.3) is 11.6 Å². The molecule has 19 heteroatoms. The number of carboxylic acid groups (broad SMARTS) is 4. The van der Waals surface area contributed by atoms with Crippen molar-refractivity contribution in [2.45, 2.75) is 13.2 Å². The first-order chi connectivity index (χ1) is 36.8. The number of carboxylic acids is 4. The molecule has 0 saturated heterocycles. The smallest absolute Gasteiger partial charge is 0.335 e. The molecule has 0 spiro atoms. The molecule has 0 atom stereocenters. The molecule has 76 heavy (non-hydrogen) atoms. The number of aromatic nitrogens is 8. The van der Waals surface area contributed by atoms with Crippen LogP contribution in [0.2, 0.25) is 0 Å². The summed E-state index contributed by atoms with van der Waals surface area (Å²) >= 11 is 0. The number of H-pyrrole nitrogens is 2. The minimum atomic E-state index is -1.35. The van der Waals surface area contributed by atoms with E-state index < -0.39 is 23.9 Å². The number of hydrogen-bond donors (Lipinski definition) is 6. The Hall–Kier alpha value is -10.8. The van der Waals surface area contributed by atoms with E-state index in [1.54, 1.807) is 24.3 Å². The van der Waals surface area contributed by atoms with Crippen LogP contribution in [-0.2, 0) is 20.3 Å². The number of nitrogens with zero attached hydrogens (tertiary/aromatic N) is 6. The van der Waals surface area contributed by atoms with Crippen LogP contribution in [0.4, 0.5) is 0 Å². The molecule has 370 valence electrons. The molecule has 0 aliphatic carbocycles. The van der Waals surface area contributed by atoms with E-state index in [0.29, 0.717) is 73.5 Å². The highest BCUT2D eigenvalue weighted by Gasteiger charge is 2.29. The third-order valence-corrected chi connectivity index (χ3v) is 12.8. The Morgan fingerprint density at radius 3 is 1.29 bits per heavy atom. The zero-order valence-corrected chi connectivity index (χ0v) is 39.6. The van der Waals surface area contributed by atoms with E-state index in [-0.39, 0.29) is 52.7 Å². The number of rotatable bonds is 12. The summed E-state index contributed by atoms with van der Waals surface area (Å²) in [6.07, 6.45) is 0. The molecule has 0 amide bonds. The first kappa shape index (κ1) is 46.3. The molecule has 7 aromatic carbocycles. The molecule has 0 saturated carbocycles. The SMILES string of the molecule is C[n+]1c2nc3[nH]c(nc4nc(nc5[nH]c(nc1-c1ccccc1-2)c1cc(Oc2cc(COc6cc(C(=O)O)cc(C(=O)O)c6)cc(COc6cc(C(=O)O)cc(C(=O)O)c6)c2)ccc51)-c1ccccc1-4)c1ccccc31. The third kappa shape index (κ3) is 8.53. The van der Waals surface area contributed by atoms with E-state index in [9.17, 15) is 39.6 Å². The molecule has 10 aromatic rings. The van der Waals surface area contributed by atoms with Crippen LogP contribution >= 0.6 is 0 Å². The average molecular weight is 1010 g/mol. The van der Waals surface area contributed by atoms with Gasteiger partial charge in [-0.15, -0.1) is 0 Å². The second kappa shape index (κ2) is 18.3. The molecule has 2 aliphatic rings. The Morgan fingerprint density at radius 1 is 0.421 bits per heavy atom. The highest BCUT2D eigenvalue weighted by Crippen LogP contribution is 2.38. The lowest BCUT2D eigenvalue weighted by Gasteiger charge is -2.14. The maximum atomic E-state index is 11.9.